The number of fused-ring (bicyclic) bond motifs is 1. The van der Waals surface area contributed by atoms with Crippen LogP contribution >= 0.6 is 0 Å². The second kappa shape index (κ2) is 8.36. The van der Waals surface area contributed by atoms with Crippen molar-refractivity contribution in [2.45, 2.75) is 6.42 Å². The Kier molecular flexibility index (Phi) is 5.46. The van der Waals surface area contributed by atoms with Crippen LogP contribution in [-0.4, -0.2) is 53.0 Å². The van der Waals surface area contributed by atoms with Gasteiger partial charge in [-0.05, 0) is 36.8 Å². The maximum absolute atomic E-state index is 12.7. The molecular weight excluding hydrogens is 404 g/mol. The van der Waals surface area contributed by atoms with Crippen molar-refractivity contribution in [3.05, 3.63) is 69.7 Å². The van der Waals surface area contributed by atoms with Crippen molar-refractivity contribution in [1.29, 1.82) is 0 Å². The Morgan fingerprint density at radius 2 is 1.94 bits per heavy atom. The second-order valence-electron chi connectivity index (χ2n) is 6.85. The molecule has 0 fully saturated rings. The third-order valence-electron chi connectivity index (χ3n) is 4.80. The molecule has 1 aromatic heterocycles. The first kappa shape index (κ1) is 20.2. The van der Waals surface area contributed by atoms with Crippen LogP contribution in [0.1, 0.15) is 37.5 Å². The fourth-order valence-corrected chi connectivity index (χ4v) is 3.30. The third-order valence-corrected chi connectivity index (χ3v) is 4.80. The second-order valence-corrected chi connectivity index (χ2v) is 6.85. The number of amides is 3. The quantitative estimate of drug-likeness (QED) is 0.439. The first-order valence-corrected chi connectivity index (χ1v) is 9.45. The predicted molar refractivity (Wildman–Crippen MR) is 109 cm³/mol. The third kappa shape index (κ3) is 4.01. The Morgan fingerprint density at radius 1 is 1.13 bits per heavy atom. The normalized spacial score (nSPS) is 12.9. The van der Waals surface area contributed by atoms with Gasteiger partial charge in [-0.15, -0.1) is 0 Å². The number of anilines is 1. The molecule has 10 nitrogen and oxygen atoms in total. The van der Waals surface area contributed by atoms with Crippen LogP contribution < -0.4 is 11.1 Å². The number of nitrogens with one attached hydrogen (secondary N) is 2. The number of aromatic nitrogens is 2. The first-order valence-electron chi connectivity index (χ1n) is 9.45. The number of carbonyl (C=O) groups excluding carboxylic acids is 3. The number of H-pyrrole nitrogens is 1. The van der Waals surface area contributed by atoms with E-state index in [0.29, 0.717) is 24.3 Å². The predicted octanol–water partition coefficient (Wildman–Crippen LogP) is 1.91. The highest BCUT2D eigenvalue weighted by Crippen LogP contribution is 2.25. The lowest BCUT2D eigenvalue weighted by atomic mass is 10.1. The Bertz CT molecular complexity index is 1230. The van der Waals surface area contributed by atoms with Crippen LogP contribution in [0.2, 0.25) is 0 Å². The van der Waals surface area contributed by atoms with Gasteiger partial charge in [0.1, 0.15) is 0 Å². The zero-order valence-corrected chi connectivity index (χ0v) is 16.5. The van der Waals surface area contributed by atoms with Gasteiger partial charge in [-0.25, -0.2) is 4.79 Å². The van der Waals surface area contributed by atoms with E-state index in [1.54, 1.807) is 31.4 Å². The van der Waals surface area contributed by atoms with Crippen LogP contribution in [0.15, 0.2) is 51.8 Å². The average Bonchev–Trinajstić information content (AvgIpc) is 3.31. The molecule has 0 saturated carbocycles. The Labute approximate surface area is 175 Å². The Morgan fingerprint density at radius 3 is 2.68 bits per heavy atom. The molecule has 10 heteroatoms. The summed E-state index contributed by atoms with van der Waals surface area (Å²) in [5.74, 6) is -1.71. The highest BCUT2D eigenvalue weighted by Gasteiger charge is 2.35. The van der Waals surface area contributed by atoms with Gasteiger partial charge in [0.15, 0.2) is 5.82 Å². The molecule has 3 amide bonds. The molecule has 0 bridgehead atoms. The van der Waals surface area contributed by atoms with Gasteiger partial charge < -0.3 is 10.1 Å². The molecule has 3 aromatic rings. The number of ether oxygens (including phenoxy) is 1. The van der Waals surface area contributed by atoms with Gasteiger partial charge in [0.25, 0.3) is 17.7 Å². The summed E-state index contributed by atoms with van der Waals surface area (Å²) < 4.78 is 9.46. The van der Waals surface area contributed by atoms with Gasteiger partial charge in [-0.2, -0.15) is 0 Å². The largest absolute Gasteiger partial charge is 0.439 e. The summed E-state index contributed by atoms with van der Waals surface area (Å²) in [6.45, 7) is 0.682. The van der Waals surface area contributed by atoms with Crippen LogP contribution in [0.5, 0.6) is 0 Å². The van der Waals surface area contributed by atoms with Crippen LogP contribution in [0.25, 0.3) is 11.4 Å². The molecule has 2 heterocycles. The monoisotopic (exact) mass is 422 g/mol. The van der Waals surface area contributed by atoms with E-state index in [9.17, 15) is 19.2 Å². The zero-order chi connectivity index (χ0) is 22.0. The minimum Gasteiger partial charge on any atom is -0.385 e. The lowest BCUT2D eigenvalue weighted by Gasteiger charge is -2.12. The number of hydrogen-bond acceptors (Lipinski definition) is 7. The standard InChI is InChI=1S/C21H18N4O6/c1-30-9-3-8-25-19(27)15-7-6-13(11-16(15)20(25)28)18(26)22-14-5-2-4-12(10-14)17-23-21(29)31-24-17/h2,4-7,10-11H,3,8-9H2,1H3,(H,22,26)(H,23,24,29). The van der Waals surface area contributed by atoms with E-state index in [-0.39, 0.29) is 35.0 Å². The summed E-state index contributed by atoms with van der Waals surface area (Å²) in [4.78, 5) is 52.5. The SMILES string of the molecule is COCCCN1C(=O)c2ccc(C(=O)Nc3cccc(-c4noc(=O)[nH]4)c3)cc2C1=O. The molecule has 0 aliphatic carbocycles. The number of hydrogen-bond donors (Lipinski definition) is 2. The molecule has 31 heavy (non-hydrogen) atoms. The molecule has 4 rings (SSSR count). The minimum absolute atomic E-state index is 0.198. The van der Waals surface area contributed by atoms with Gasteiger partial charge in [0, 0.05) is 37.1 Å². The number of carbonyl (C=O) groups is 3. The highest BCUT2D eigenvalue weighted by molar-refractivity contribution is 6.22. The van der Waals surface area contributed by atoms with Crippen molar-refractivity contribution < 1.29 is 23.6 Å². The van der Waals surface area contributed by atoms with Crippen molar-refractivity contribution in [2.75, 3.05) is 25.6 Å². The summed E-state index contributed by atoms with van der Waals surface area (Å²) in [5.41, 5.74) is 1.71. The summed E-state index contributed by atoms with van der Waals surface area (Å²) in [5, 5.41) is 6.35. The van der Waals surface area contributed by atoms with E-state index < -0.39 is 17.6 Å². The first-order chi connectivity index (χ1) is 15.0. The number of methoxy groups -OCH3 is 1. The topological polar surface area (TPSA) is 135 Å². The van der Waals surface area contributed by atoms with Crippen molar-refractivity contribution in [3.63, 3.8) is 0 Å². The van der Waals surface area contributed by atoms with E-state index in [0.717, 1.165) is 4.90 Å². The fourth-order valence-electron chi connectivity index (χ4n) is 3.30. The van der Waals surface area contributed by atoms with Gasteiger partial charge in [-0.3, -0.25) is 28.8 Å². The Hall–Kier alpha value is -4.05. The fraction of sp³-hybridized carbons (Fsp3) is 0.190. The molecule has 0 radical (unpaired) electrons. The molecule has 0 unspecified atom stereocenters. The lowest BCUT2D eigenvalue weighted by molar-refractivity contribution is 0.0638. The van der Waals surface area contributed by atoms with Crippen LogP contribution in [0, 0.1) is 0 Å². The number of benzene rings is 2. The molecule has 0 atom stereocenters. The zero-order valence-electron chi connectivity index (χ0n) is 16.5. The molecule has 1 aliphatic rings. The maximum atomic E-state index is 12.7. The summed E-state index contributed by atoms with van der Waals surface area (Å²) in [6.07, 6.45) is 0.530. The van der Waals surface area contributed by atoms with E-state index in [1.165, 1.54) is 18.2 Å². The average molecular weight is 422 g/mol. The molecule has 2 N–H and O–H groups in total. The van der Waals surface area contributed by atoms with Crippen molar-refractivity contribution in [2.24, 2.45) is 0 Å². The van der Waals surface area contributed by atoms with Crippen LogP contribution in [0.3, 0.4) is 0 Å². The smallest absolute Gasteiger partial charge is 0.385 e. The number of nitrogens with zero attached hydrogens (tertiary/aromatic N) is 2. The van der Waals surface area contributed by atoms with Gasteiger partial charge in [0.2, 0.25) is 0 Å². The van der Waals surface area contributed by atoms with E-state index in [2.05, 4.69) is 20.0 Å². The lowest BCUT2D eigenvalue weighted by Crippen LogP contribution is -2.31. The van der Waals surface area contributed by atoms with Crippen LogP contribution in [-0.2, 0) is 4.74 Å². The van der Waals surface area contributed by atoms with E-state index >= 15 is 0 Å². The number of rotatable bonds is 7. The van der Waals surface area contributed by atoms with Crippen LogP contribution in [0.4, 0.5) is 5.69 Å². The minimum atomic E-state index is -0.682. The molecular formula is C21H18N4O6. The molecule has 1 aliphatic heterocycles. The van der Waals surface area contributed by atoms with E-state index in [1.807, 2.05) is 0 Å². The molecule has 2 aromatic carbocycles. The molecule has 0 spiro atoms. The van der Waals surface area contributed by atoms with Gasteiger partial charge in [0.05, 0.1) is 11.1 Å². The van der Waals surface area contributed by atoms with Crippen molar-refractivity contribution >= 4 is 23.4 Å². The van der Waals surface area contributed by atoms with Gasteiger partial charge in [-0.1, -0.05) is 17.3 Å². The van der Waals surface area contributed by atoms with Gasteiger partial charge >= 0.3 is 5.76 Å². The summed E-state index contributed by atoms with van der Waals surface area (Å²) >= 11 is 0. The summed E-state index contributed by atoms with van der Waals surface area (Å²) in [6, 6.07) is 11.1. The molecule has 158 valence electrons. The molecule has 0 saturated heterocycles. The summed E-state index contributed by atoms with van der Waals surface area (Å²) in [7, 11) is 1.55. The highest BCUT2D eigenvalue weighted by atomic mass is 16.5. The van der Waals surface area contributed by atoms with Crippen molar-refractivity contribution in [1.82, 2.24) is 15.0 Å². The van der Waals surface area contributed by atoms with Crippen molar-refractivity contribution in [3.8, 4) is 11.4 Å². The van der Waals surface area contributed by atoms with E-state index in [4.69, 9.17) is 4.74 Å². The number of imide groups is 1. The number of aromatic amines is 1. The Balaban J connectivity index is 1.52. The maximum Gasteiger partial charge on any atom is 0.439 e.